The van der Waals surface area contributed by atoms with E-state index < -0.39 is 0 Å². The van der Waals surface area contributed by atoms with Gasteiger partial charge in [0.05, 0.1) is 29.7 Å². The normalized spacial score (nSPS) is 10.7. The van der Waals surface area contributed by atoms with Crippen LogP contribution in [0.4, 0.5) is 5.69 Å². The van der Waals surface area contributed by atoms with Crippen LogP contribution in [0.5, 0.6) is 5.75 Å². The summed E-state index contributed by atoms with van der Waals surface area (Å²) in [6, 6.07) is 9.05. The number of nitrogens with one attached hydrogen (secondary N) is 1. The Hall–Kier alpha value is -2.89. The van der Waals surface area contributed by atoms with Gasteiger partial charge in [0, 0.05) is 12.4 Å². The number of fused-ring (bicyclic) bond motifs is 1. The van der Waals surface area contributed by atoms with Crippen LogP contribution >= 0.6 is 0 Å². The van der Waals surface area contributed by atoms with Crippen LogP contribution in [-0.4, -0.2) is 27.3 Å². The molecule has 2 aromatic heterocycles. The van der Waals surface area contributed by atoms with E-state index in [2.05, 4.69) is 15.4 Å². The molecule has 6 heteroatoms. The van der Waals surface area contributed by atoms with Crippen LogP contribution in [0.2, 0.25) is 0 Å². The largest absolute Gasteiger partial charge is 0.493 e. The summed E-state index contributed by atoms with van der Waals surface area (Å²) in [5, 5.41) is 8.12. The summed E-state index contributed by atoms with van der Waals surface area (Å²) in [5.41, 5.74) is 2.79. The molecule has 6 nitrogen and oxygen atoms in total. The van der Waals surface area contributed by atoms with Gasteiger partial charge >= 0.3 is 0 Å². The van der Waals surface area contributed by atoms with Gasteiger partial charge in [-0.25, -0.2) is 4.98 Å². The first-order valence-corrected chi connectivity index (χ1v) is 7.42. The lowest BCUT2D eigenvalue weighted by molar-refractivity contribution is 0.102. The molecule has 0 aliphatic rings. The quantitative estimate of drug-likeness (QED) is 0.804. The van der Waals surface area contributed by atoms with Gasteiger partial charge in [-0.2, -0.15) is 5.10 Å². The Labute approximate surface area is 134 Å². The van der Waals surface area contributed by atoms with Crippen molar-refractivity contribution in [2.45, 2.75) is 13.8 Å². The molecule has 0 saturated carbocycles. The SMILES string of the molecule is CCOc1ccccc1C(=O)Nc1cnc2c(c1)c(C)nn2C. The van der Waals surface area contributed by atoms with Crippen LogP contribution in [0.1, 0.15) is 23.0 Å². The number of anilines is 1. The molecule has 1 N–H and O–H groups in total. The number of benzene rings is 1. The highest BCUT2D eigenvalue weighted by Gasteiger charge is 2.13. The van der Waals surface area contributed by atoms with Crippen molar-refractivity contribution in [1.29, 1.82) is 0 Å². The van der Waals surface area contributed by atoms with Crippen molar-refractivity contribution in [3.8, 4) is 5.75 Å². The third kappa shape index (κ3) is 2.88. The topological polar surface area (TPSA) is 69.0 Å². The number of rotatable bonds is 4. The second kappa shape index (κ2) is 6.08. The highest BCUT2D eigenvalue weighted by molar-refractivity contribution is 6.06. The zero-order valence-electron chi connectivity index (χ0n) is 13.3. The maximum atomic E-state index is 12.5. The maximum Gasteiger partial charge on any atom is 0.259 e. The van der Waals surface area contributed by atoms with Crippen molar-refractivity contribution in [3.05, 3.63) is 47.8 Å². The third-order valence-corrected chi connectivity index (χ3v) is 3.55. The van der Waals surface area contributed by atoms with Crippen molar-refractivity contribution >= 4 is 22.6 Å². The molecule has 0 atom stereocenters. The molecule has 0 radical (unpaired) electrons. The molecular formula is C17H18N4O2. The maximum absolute atomic E-state index is 12.5. The van der Waals surface area contributed by atoms with Gasteiger partial charge in [-0.15, -0.1) is 0 Å². The smallest absolute Gasteiger partial charge is 0.259 e. The fourth-order valence-corrected chi connectivity index (χ4v) is 2.51. The Morgan fingerprint density at radius 3 is 2.91 bits per heavy atom. The van der Waals surface area contributed by atoms with E-state index in [4.69, 9.17) is 4.74 Å². The molecule has 0 bridgehead atoms. The lowest BCUT2D eigenvalue weighted by Gasteiger charge is -2.10. The Bertz CT molecular complexity index is 870. The number of hydrogen-bond donors (Lipinski definition) is 1. The Balaban J connectivity index is 1.90. The van der Waals surface area contributed by atoms with Gasteiger partial charge in [-0.05, 0) is 32.0 Å². The van der Waals surface area contributed by atoms with Gasteiger partial charge in [-0.3, -0.25) is 9.48 Å². The van der Waals surface area contributed by atoms with Crippen molar-refractivity contribution < 1.29 is 9.53 Å². The first kappa shape index (κ1) is 15.0. The molecule has 1 aromatic carbocycles. The number of para-hydroxylation sites is 1. The monoisotopic (exact) mass is 310 g/mol. The Kier molecular flexibility index (Phi) is 3.97. The molecule has 0 fully saturated rings. The molecule has 0 saturated heterocycles. The number of nitrogens with zero attached hydrogens (tertiary/aromatic N) is 3. The number of hydrogen-bond acceptors (Lipinski definition) is 4. The number of aromatic nitrogens is 3. The van der Waals surface area contributed by atoms with Crippen LogP contribution in [0.3, 0.4) is 0 Å². The van der Waals surface area contributed by atoms with Crippen LogP contribution in [0, 0.1) is 6.92 Å². The second-order valence-electron chi connectivity index (χ2n) is 5.19. The average Bonchev–Trinajstić information content (AvgIpc) is 2.82. The van der Waals surface area contributed by atoms with E-state index >= 15 is 0 Å². The third-order valence-electron chi connectivity index (χ3n) is 3.55. The molecule has 23 heavy (non-hydrogen) atoms. The van der Waals surface area contributed by atoms with Gasteiger partial charge in [0.2, 0.25) is 0 Å². The highest BCUT2D eigenvalue weighted by atomic mass is 16.5. The molecule has 0 unspecified atom stereocenters. The summed E-state index contributed by atoms with van der Waals surface area (Å²) in [6.07, 6.45) is 1.63. The van der Waals surface area contributed by atoms with Gasteiger partial charge in [0.1, 0.15) is 5.75 Å². The molecule has 0 spiro atoms. The average molecular weight is 310 g/mol. The van der Waals surface area contributed by atoms with Crippen LogP contribution in [0.15, 0.2) is 36.5 Å². The van der Waals surface area contributed by atoms with Crippen molar-refractivity contribution in [2.24, 2.45) is 7.05 Å². The summed E-state index contributed by atoms with van der Waals surface area (Å²) in [4.78, 5) is 16.9. The van der Waals surface area contributed by atoms with Crippen LogP contribution in [0.25, 0.3) is 11.0 Å². The molecule has 0 aliphatic carbocycles. The number of carbonyl (C=O) groups excluding carboxylic acids is 1. The van der Waals surface area contributed by atoms with Crippen LogP contribution in [-0.2, 0) is 7.05 Å². The highest BCUT2D eigenvalue weighted by Crippen LogP contribution is 2.22. The van der Waals surface area contributed by atoms with Gasteiger partial charge in [0.15, 0.2) is 5.65 Å². The number of ether oxygens (including phenoxy) is 1. The first-order chi connectivity index (χ1) is 11.1. The predicted molar refractivity (Wildman–Crippen MR) is 88.8 cm³/mol. The Morgan fingerprint density at radius 2 is 2.13 bits per heavy atom. The van der Waals surface area contributed by atoms with Gasteiger partial charge < -0.3 is 10.1 Å². The zero-order chi connectivity index (χ0) is 16.4. The van der Waals surface area contributed by atoms with E-state index in [1.807, 2.05) is 39.1 Å². The first-order valence-electron chi connectivity index (χ1n) is 7.42. The van der Waals surface area contributed by atoms with E-state index in [-0.39, 0.29) is 5.91 Å². The minimum Gasteiger partial charge on any atom is -0.493 e. The standard InChI is InChI=1S/C17H18N4O2/c1-4-23-15-8-6-5-7-13(15)17(22)19-12-9-14-11(2)20-21(3)16(14)18-10-12/h5-10H,4H2,1-3H3,(H,19,22). The minimum atomic E-state index is -0.225. The summed E-state index contributed by atoms with van der Waals surface area (Å²) in [6.45, 7) is 4.31. The Morgan fingerprint density at radius 1 is 1.35 bits per heavy atom. The van der Waals surface area contributed by atoms with E-state index in [1.165, 1.54) is 0 Å². The zero-order valence-corrected chi connectivity index (χ0v) is 13.3. The molecular weight excluding hydrogens is 292 g/mol. The van der Waals surface area contributed by atoms with E-state index in [0.29, 0.717) is 23.6 Å². The van der Waals surface area contributed by atoms with E-state index in [9.17, 15) is 4.79 Å². The number of pyridine rings is 1. The molecule has 1 amide bonds. The summed E-state index contributed by atoms with van der Waals surface area (Å²) in [7, 11) is 1.85. The molecule has 118 valence electrons. The lowest BCUT2D eigenvalue weighted by Crippen LogP contribution is -2.13. The van der Waals surface area contributed by atoms with Crippen molar-refractivity contribution in [2.75, 3.05) is 11.9 Å². The molecule has 3 rings (SSSR count). The molecule has 2 heterocycles. The summed E-state index contributed by atoms with van der Waals surface area (Å²) < 4.78 is 7.22. The van der Waals surface area contributed by atoms with Crippen LogP contribution < -0.4 is 10.1 Å². The van der Waals surface area contributed by atoms with Gasteiger partial charge in [-0.1, -0.05) is 12.1 Å². The fourth-order valence-electron chi connectivity index (χ4n) is 2.51. The summed E-state index contributed by atoms with van der Waals surface area (Å²) >= 11 is 0. The predicted octanol–water partition coefficient (Wildman–Crippen LogP) is 2.93. The van der Waals surface area contributed by atoms with Gasteiger partial charge in [0.25, 0.3) is 5.91 Å². The summed E-state index contributed by atoms with van der Waals surface area (Å²) in [5.74, 6) is 0.343. The number of amides is 1. The lowest BCUT2D eigenvalue weighted by atomic mass is 10.2. The number of carbonyl (C=O) groups is 1. The molecule has 0 aliphatic heterocycles. The minimum absolute atomic E-state index is 0.225. The van der Waals surface area contributed by atoms with E-state index in [0.717, 1.165) is 16.7 Å². The van der Waals surface area contributed by atoms with Crippen molar-refractivity contribution in [1.82, 2.24) is 14.8 Å². The van der Waals surface area contributed by atoms with Crippen molar-refractivity contribution in [3.63, 3.8) is 0 Å². The molecule has 3 aromatic rings. The van der Waals surface area contributed by atoms with E-state index in [1.54, 1.807) is 23.0 Å². The number of aryl methyl sites for hydroxylation is 2. The fraction of sp³-hybridized carbons (Fsp3) is 0.235. The second-order valence-corrected chi connectivity index (χ2v) is 5.19.